The lowest BCUT2D eigenvalue weighted by molar-refractivity contribution is 0.0952. The van der Waals surface area contributed by atoms with Crippen LogP contribution in [0.25, 0.3) is 0 Å². The molecule has 0 radical (unpaired) electrons. The molecule has 134 valence electrons. The van der Waals surface area contributed by atoms with Gasteiger partial charge in [0.05, 0.1) is 0 Å². The van der Waals surface area contributed by atoms with Gasteiger partial charge in [-0.3, -0.25) is 9.79 Å². The third-order valence-electron chi connectivity index (χ3n) is 4.82. The van der Waals surface area contributed by atoms with Gasteiger partial charge in [0.2, 0.25) is 0 Å². The van der Waals surface area contributed by atoms with E-state index in [1.807, 2.05) is 36.7 Å². The average Bonchev–Trinajstić information content (AvgIpc) is 3.11. The minimum absolute atomic E-state index is 0.00680. The van der Waals surface area contributed by atoms with Crippen molar-refractivity contribution < 1.29 is 4.79 Å². The Bertz CT molecular complexity index is 781. The molecule has 0 fully saturated rings. The maximum atomic E-state index is 12.4. The van der Waals surface area contributed by atoms with E-state index in [4.69, 9.17) is 0 Å². The number of allylic oxidation sites excluding steroid dienone is 1. The second-order valence-corrected chi connectivity index (χ2v) is 7.15. The lowest BCUT2D eigenvalue weighted by atomic mass is 9.88. The topological polar surface area (TPSA) is 41.5 Å². The van der Waals surface area contributed by atoms with Gasteiger partial charge in [-0.25, -0.2) is 0 Å². The van der Waals surface area contributed by atoms with Crippen LogP contribution in [0.5, 0.6) is 0 Å². The predicted octanol–water partition coefficient (Wildman–Crippen LogP) is 4.59. The van der Waals surface area contributed by atoms with E-state index in [9.17, 15) is 4.79 Å². The van der Waals surface area contributed by atoms with Crippen LogP contribution in [0.15, 0.2) is 71.9 Å². The molecule has 1 aliphatic rings. The molecule has 1 heterocycles. The van der Waals surface area contributed by atoms with Gasteiger partial charge < -0.3 is 5.32 Å². The summed E-state index contributed by atoms with van der Waals surface area (Å²) in [6.45, 7) is 2.85. The lowest BCUT2D eigenvalue weighted by Gasteiger charge is -2.17. The van der Waals surface area contributed by atoms with Crippen molar-refractivity contribution in [2.45, 2.75) is 32.6 Å². The number of benzene rings is 2. The molecule has 2 aromatic rings. The van der Waals surface area contributed by atoms with Crippen LogP contribution in [-0.2, 0) is 12.8 Å². The Balaban J connectivity index is 1.46. The molecule has 0 saturated heterocycles. The fraction of sp³-hybridized carbons (Fsp3) is 0.304. The summed E-state index contributed by atoms with van der Waals surface area (Å²) in [6.07, 6.45) is 9.79. The molecule has 1 atom stereocenters. The molecule has 3 heteroatoms. The van der Waals surface area contributed by atoms with Crippen molar-refractivity contribution in [1.29, 1.82) is 0 Å². The highest BCUT2D eigenvalue weighted by Gasteiger charge is 2.20. The Morgan fingerprint density at radius 1 is 1.04 bits per heavy atom. The van der Waals surface area contributed by atoms with Gasteiger partial charge in [-0.2, -0.15) is 0 Å². The zero-order valence-corrected chi connectivity index (χ0v) is 15.3. The first-order valence-electron chi connectivity index (χ1n) is 9.28. The molecule has 1 N–H and O–H groups in total. The highest BCUT2D eigenvalue weighted by atomic mass is 16.1. The molecular formula is C23H26N2O. The maximum Gasteiger partial charge on any atom is 0.251 e. The van der Waals surface area contributed by atoms with Gasteiger partial charge in [0.1, 0.15) is 0 Å². The normalized spacial score (nSPS) is 18.2. The van der Waals surface area contributed by atoms with Crippen LogP contribution in [-0.4, -0.2) is 18.7 Å². The monoisotopic (exact) mass is 346 g/mol. The minimum Gasteiger partial charge on any atom is -0.352 e. The molecule has 1 aliphatic heterocycles. The van der Waals surface area contributed by atoms with Gasteiger partial charge in [-0.15, -0.1) is 0 Å². The molecule has 1 unspecified atom stereocenters. The predicted molar refractivity (Wildman–Crippen MR) is 108 cm³/mol. The third kappa shape index (κ3) is 5.16. The zero-order valence-electron chi connectivity index (χ0n) is 15.3. The van der Waals surface area contributed by atoms with Crippen molar-refractivity contribution in [3.63, 3.8) is 0 Å². The molecule has 3 rings (SSSR count). The number of carbonyl (C=O) groups is 1. The van der Waals surface area contributed by atoms with Crippen molar-refractivity contribution in [2.24, 2.45) is 10.4 Å². The van der Waals surface area contributed by atoms with Crippen LogP contribution in [0.3, 0.4) is 0 Å². The van der Waals surface area contributed by atoms with E-state index in [0.29, 0.717) is 6.54 Å². The number of carbonyl (C=O) groups excluding carboxylic acids is 1. The van der Waals surface area contributed by atoms with E-state index in [1.165, 1.54) is 11.1 Å². The largest absolute Gasteiger partial charge is 0.352 e. The highest BCUT2D eigenvalue weighted by molar-refractivity contribution is 5.94. The van der Waals surface area contributed by atoms with Crippen molar-refractivity contribution in [3.8, 4) is 0 Å². The lowest BCUT2D eigenvalue weighted by Crippen LogP contribution is -2.26. The van der Waals surface area contributed by atoms with Crippen LogP contribution in [0.2, 0.25) is 0 Å². The van der Waals surface area contributed by atoms with Gasteiger partial charge >= 0.3 is 0 Å². The molecule has 0 aliphatic carbocycles. The van der Waals surface area contributed by atoms with Crippen LogP contribution in [0.4, 0.5) is 0 Å². The maximum absolute atomic E-state index is 12.4. The van der Waals surface area contributed by atoms with Crippen LogP contribution in [0, 0.1) is 5.41 Å². The minimum atomic E-state index is 0.00680. The fourth-order valence-corrected chi connectivity index (χ4v) is 3.19. The number of hydrogen-bond acceptors (Lipinski definition) is 2. The van der Waals surface area contributed by atoms with Crippen molar-refractivity contribution in [1.82, 2.24) is 5.32 Å². The molecule has 0 bridgehead atoms. The van der Waals surface area contributed by atoms with Crippen molar-refractivity contribution >= 4 is 12.1 Å². The fourth-order valence-electron chi connectivity index (χ4n) is 3.19. The third-order valence-corrected chi connectivity index (χ3v) is 4.82. The molecule has 0 aromatic heterocycles. The quantitative estimate of drug-likeness (QED) is 0.698. The molecule has 26 heavy (non-hydrogen) atoms. The first-order chi connectivity index (χ1) is 12.6. The molecule has 3 nitrogen and oxygen atoms in total. The zero-order chi connectivity index (χ0) is 18.2. The van der Waals surface area contributed by atoms with Gasteiger partial charge in [0, 0.05) is 29.9 Å². The SMILES string of the molecule is CC1(CCCNC(=O)c2cccc(CCc3ccccc3)c2)C=CN=C1. The smallest absolute Gasteiger partial charge is 0.251 e. The van der Waals surface area contributed by atoms with E-state index in [0.717, 1.165) is 31.2 Å². The number of aliphatic imine (C=N–C) groups is 1. The summed E-state index contributed by atoms with van der Waals surface area (Å²) < 4.78 is 0. The summed E-state index contributed by atoms with van der Waals surface area (Å²) in [6, 6.07) is 18.4. The summed E-state index contributed by atoms with van der Waals surface area (Å²) in [4.78, 5) is 16.5. The average molecular weight is 346 g/mol. The molecule has 0 spiro atoms. The number of hydrogen-bond donors (Lipinski definition) is 1. The number of aryl methyl sites for hydroxylation is 2. The Morgan fingerprint density at radius 3 is 2.58 bits per heavy atom. The van der Waals surface area contributed by atoms with Crippen LogP contribution in [0.1, 0.15) is 41.3 Å². The van der Waals surface area contributed by atoms with E-state index >= 15 is 0 Å². The molecule has 2 aromatic carbocycles. The molecule has 0 saturated carbocycles. The van der Waals surface area contributed by atoms with E-state index in [2.05, 4.69) is 53.6 Å². The molecule has 1 amide bonds. The number of nitrogens with zero attached hydrogens (tertiary/aromatic N) is 1. The number of nitrogens with one attached hydrogen (secondary N) is 1. The van der Waals surface area contributed by atoms with Gasteiger partial charge in [-0.05, 0) is 48.9 Å². The Hall–Kier alpha value is -2.68. The summed E-state index contributed by atoms with van der Waals surface area (Å²) in [5.41, 5.74) is 3.30. The van der Waals surface area contributed by atoms with E-state index in [-0.39, 0.29) is 11.3 Å². The summed E-state index contributed by atoms with van der Waals surface area (Å²) in [7, 11) is 0. The first-order valence-corrected chi connectivity index (χ1v) is 9.28. The van der Waals surface area contributed by atoms with Crippen molar-refractivity contribution in [2.75, 3.05) is 6.54 Å². The van der Waals surface area contributed by atoms with Crippen LogP contribution >= 0.6 is 0 Å². The van der Waals surface area contributed by atoms with Crippen LogP contribution < -0.4 is 5.32 Å². The highest BCUT2D eigenvalue weighted by Crippen LogP contribution is 2.25. The van der Waals surface area contributed by atoms with Crippen molar-refractivity contribution in [3.05, 3.63) is 83.6 Å². The number of amides is 1. The van der Waals surface area contributed by atoms with E-state index < -0.39 is 0 Å². The standard InChI is InChI=1S/C23H26N2O/c1-23(14-16-24-18-23)13-6-15-25-22(26)21-10-5-9-20(17-21)12-11-19-7-3-2-4-8-19/h2-5,7-10,14,16-18H,6,11-13,15H2,1H3,(H,25,26). The summed E-state index contributed by atoms with van der Waals surface area (Å²) >= 11 is 0. The Labute approximate surface area is 155 Å². The second kappa shape index (κ2) is 8.61. The Morgan fingerprint density at radius 2 is 1.81 bits per heavy atom. The number of rotatable bonds is 8. The summed E-state index contributed by atoms with van der Waals surface area (Å²) in [5.74, 6) is 0.00680. The molecular weight excluding hydrogens is 320 g/mol. The first kappa shape index (κ1) is 18.1. The van der Waals surface area contributed by atoms with Gasteiger partial charge in [0.25, 0.3) is 5.91 Å². The Kier molecular flexibility index (Phi) is 6.00. The van der Waals surface area contributed by atoms with E-state index in [1.54, 1.807) is 0 Å². The second-order valence-electron chi connectivity index (χ2n) is 7.15. The van der Waals surface area contributed by atoms with Gasteiger partial charge in [-0.1, -0.05) is 55.5 Å². The summed E-state index contributed by atoms with van der Waals surface area (Å²) in [5, 5.41) is 3.03. The van der Waals surface area contributed by atoms with Gasteiger partial charge in [0.15, 0.2) is 0 Å².